The molecule has 0 aromatic heterocycles. The zero-order chi connectivity index (χ0) is 12.0. The van der Waals surface area contributed by atoms with Gasteiger partial charge in [-0.1, -0.05) is 6.92 Å². The van der Waals surface area contributed by atoms with Gasteiger partial charge in [-0.2, -0.15) is 0 Å². The Hall–Kier alpha value is -0.160. The van der Waals surface area contributed by atoms with Crippen molar-refractivity contribution in [3.8, 4) is 0 Å². The number of likely N-dealkylation sites (N-methyl/N-ethyl adjacent to an activating group) is 1. The van der Waals surface area contributed by atoms with Gasteiger partial charge in [-0.25, -0.2) is 0 Å². The van der Waals surface area contributed by atoms with E-state index in [1.165, 1.54) is 0 Å². The second kappa shape index (κ2) is 7.22. The lowest BCUT2D eigenvalue weighted by Crippen LogP contribution is -2.56. The lowest BCUT2D eigenvalue weighted by Gasteiger charge is -2.41. The Balaban J connectivity index is 2.52. The molecule has 1 rings (SSSR count). The van der Waals surface area contributed by atoms with Crippen LogP contribution in [0.5, 0.6) is 0 Å². The van der Waals surface area contributed by atoms with Crippen molar-refractivity contribution in [1.29, 1.82) is 0 Å². The maximum atomic E-state index is 5.65. The molecular weight excluding hydrogens is 204 g/mol. The Labute approximate surface area is 99.3 Å². The monoisotopic (exact) mass is 230 g/mol. The van der Waals surface area contributed by atoms with E-state index in [4.69, 9.17) is 9.47 Å². The molecule has 0 aromatic rings. The lowest BCUT2D eigenvalue weighted by atomic mass is 10.1. The molecule has 0 aromatic carbocycles. The summed E-state index contributed by atoms with van der Waals surface area (Å²) in [6, 6.07) is 0.932. The molecule has 0 saturated carbocycles. The van der Waals surface area contributed by atoms with Crippen LogP contribution in [0.15, 0.2) is 0 Å². The van der Waals surface area contributed by atoms with Crippen molar-refractivity contribution < 1.29 is 9.47 Å². The van der Waals surface area contributed by atoms with Gasteiger partial charge in [-0.05, 0) is 20.4 Å². The Morgan fingerprint density at radius 3 is 2.88 bits per heavy atom. The average molecular weight is 230 g/mol. The van der Waals surface area contributed by atoms with Crippen LogP contribution in [0, 0.1) is 0 Å². The molecule has 1 aliphatic rings. The SMILES string of the molecule is CCNCC(COC)N1CC(C)OCC1C. The third kappa shape index (κ3) is 4.01. The molecule has 96 valence electrons. The smallest absolute Gasteiger partial charge is 0.0674 e. The fraction of sp³-hybridized carbons (Fsp3) is 1.00. The van der Waals surface area contributed by atoms with Crippen LogP contribution in [-0.2, 0) is 9.47 Å². The number of rotatable bonds is 6. The summed E-state index contributed by atoms with van der Waals surface area (Å²) in [6.45, 7) is 11.1. The molecule has 4 heteroatoms. The number of hydrogen-bond donors (Lipinski definition) is 1. The molecule has 1 saturated heterocycles. The van der Waals surface area contributed by atoms with E-state index >= 15 is 0 Å². The fourth-order valence-corrected chi connectivity index (χ4v) is 2.21. The molecule has 1 fully saturated rings. The summed E-state index contributed by atoms with van der Waals surface area (Å²) in [5.74, 6) is 0. The van der Waals surface area contributed by atoms with Gasteiger partial charge in [0.25, 0.3) is 0 Å². The summed E-state index contributed by atoms with van der Waals surface area (Å²) in [4.78, 5) is 2.50. The highest BCUT2D eigenvalue weighted by molar-refractivity contribution is 4.83. The second-order valence-electron chi connectivity index (χ2n) is 4.61. The van der Waals surface area contributed by atoms with E-state index in [9.17, 15) is 0 Å². The molecule has 3 unspecified atom stereocenters. The number of nitrogens with one attached hydrogen (secondary N) is 1. The van der Waals surface area contributed by atoms with Gasteiger partial charge >= 0.3 is 0 Å². The Bertz CT molecular complexity index is 190. The number of methoxy groups -OCH3 is 1. The van der Waals surface area contributed by atoms with Gasteiger partial charge in [0.2, 0.25) is 0 Å². The van der Waals surface area contributed by atoms with Crippen LogP contribution in [0.4, 0.5) is 0 Å². The van der Waals surface area contributed by atoms with Crippen LogP contribution in [-0.4, -0.2) is 63.0 Å². The molecule has 0 amide bonds. The van der Waals surface area contributed by atoms with Crippen molar-refractivity contribution in [1.82, 2.24) is 10.2 Å². The maximum Gasteiger partial charge on any atom is 0.0674 e. The minimum absolute atomic E-state index is 0.331. The number of ether oxygens (including phenoxy) is 2. The number of morpholine rings is 1. The molecule has 16 heavy (non-hydrogen) atoms. The second-order valence-corrected chi connectivity index (χ2v) is 4.61. The third-order valence-electron chi connectivity index (χ3n) is 3.11. The number of nitrogens with zero attached hydrogens (tertiary/aromatic N) is 1. The highest BCUT2D eigenvalue weighted by Crippen LogP contribution is 2.14. The minimum Gasteiger partial charge on any atom is -0.383 e. The molecule has 1 N–H and O–H groups in total. The van der Waals surface area contributed by atoms with Crippen LogP contribution in [0.25, 0.3) is 0 Å². The van der Waals surface area contributed by atoms with E-state index < -0.39 is 0 Å². The Kier molecular flexibility index (Phi) is 6.28. The molecular formula is C12H26N2O2. The molecule has 0 aliphatic carbocycles. The summed E-state index contributed by atoms with van der Waals surface area (Å²) in [6.07, 6.45) is 0.331. The van der Waals surface area contributed by atoms with Crippen molar-refractivity contribution in [3.63, 3.8) is 0 Å². The van der Waals surface area contributed by atoms with Crippen molar-refractivity contribution in [2.75, 3.05) is 40.0 Å². The first-order valence-electron chi connectivity index (χ1n) is 6.26. The summed E-state index contributed by atoms with van der Waals surface area (Å²) >= 11 is 0. The quantitative estimate of drug-likeness (QED) is 0.729. The molecule has 1 aliphatic heterocycles. The summed E-state index contributed by atoms with van der Waals surface area (Å²) in [7, 11) is 1.77. The van der Waals surface area contributed by atoms with E-state index in [-0.39, 0.29) is 0 Å². The van der Waals surface area contributed by atoms with Gasteiger partial charge in [-0.3, -0.25) is 4.90 Å². The molecule has 3 atom stereocenters. The topological polar surface area (TPSA) is 33.7 Å². The van der Waals surface area contributed by atoms with Gasteiger partial charge < -0.3 is 14.8 Å². The van der Waals surface area contributed by atoms with Crippen LogP contribution in [0.2, 0.25) is 0 Å². The standard InChI is InChI=1S/C12H26N2O2/c1-5-13-6-12(9-15-4)14-7-11(3)16-8-10(14)2/h10-13H,5-9H2,1-4H3. The highest BCUT2D eigenvalue weighted by Gasteiger charge is 2.29. The van der Waals surface area contributed by atoms with Crippen molar-refractivity contribution in [2.45, 2.75) is 39.0 Å². The van der Waals surface area contributed by atoms with Crippen molar-refractivity contribution >= 4 is 0 Å². The summed E-state index contributed by atoms with van der Waals surface area (Å²) < 4.78 is 11.0. The van der Waals surface area contributed by atoms with Gasteiger partial charge in [0.15, 0.2) is 0 Å². The van der Waals surface area contributed by atoms with Gasteiger partial charge in [-0.15, -0.1) is 0 Å². The van der Waals surface area contributed by atoms with Crippen molar-refractivity contribution in [3.05, 3.63) is 0 Å². The first kappa shape index (κ1) is 13.9. The van der Waals surface area contributed by atoms with E-state index in [1.54, 1.807) is 7.11 Å². The third-order valence-corrected chi connectivity index (χ3v) is 3.11. The predicted molar refractivity (Wildman–Crippen MR) is 65.8 cm³/mol. The Morgan fingerprint density at radius 1 is 1.50 bits per heavy atom. The zero-order valence-corrected chi connectivity index (χ0v) is 11.0. The minimum atomic E-state index is 0.331. The average Bonchev–Trinajstić information content (AvgIpc) is 2.28. The van der Waals surface area contributed by atoms with Crippen LogP contribution >= 0.6 is 0 Å². The molecule has 0 spiro atoms. The normalized spacial score (nSPS) is 29.2. The largest absolute Gasteiger partial charge is 0.383 e. The lowest BCUT2D eigenvalue weighted by molar-refractivity contribution is -0.0754. The number of hydrogen-bond acceptors (Lipinski definition) is 4. The Morgan fingerprint density at radius 2 is 2.25 bits per heavy atom. The van der Waals surface area contributed by atoms with E-state index in [0.29, 0.717) is 18.2 Å². The van der Waals surface area contributed by atoms with Crippen LogP contribution in [0.1, 0.15) is 20.8 Å². The van der Waals surface area contributed by atoms with E-state index in [2.05, 4.69) is 31.0 Å². The van der Waals surface area contributed by atoms with Gasteiger partial charge in [0.1, 0.15) is 0 Å². The van der Waals surface area contributed by atoms with Gasteiger partial charge in [0, 0.05) is 32.3 Å². The van der Waals surface area contributed by atoms with E-state index in [0.717, 1.165) is 32.8 Å². The zero-order valence-electron chi connectivity index (χ0n) is 11.0. The molecule has 4 nitrogen and oxygen atoms in total. The van der Waals surface area contributed by atoms with E-state index in [1.807, 2.05) is 0 Å². The first-order chi connectivity index (χ1) is 7.69. The van der Waals surface area contributed by atoms with Crippen molar-refractivity contribution in [2.24, 2.45) is 0 Å². The highest BCUT2D eigenvalue weighted by atomic mass is 16.5. The van der Waals surface area contributed by atoms with Crippen LogP contribution in [0.3, 0.4) is 0 Å². The molecule has 0 bridgehead atoms. The fourth-order valence-electron chi connectivity index (χ4n) is 2.21. The molecule has 0 radical (unpaired) electrons. The predicted octanol–water partition coefficient (Wildman–Crippen LogP) is 0.720. The van der Waals surface area contributed by atoms with Gasteiger partial charge in [0.05, 0.1) is 19.3 Å². The maximum absolute atomic E-state index is 5.65. The summed E-state index contributed by atoms with van der Waals surface area (Å²) in [5, 5.41) is 3.40. The first-order valence-corrected chi connectivity index (χ1v) is 6.26. The summed E-state index contributed by atoms with van der Waals surface area (Å²) in [5.41, 5.74) is 0. The van der Waals surface area contributed by atoms with Crippen LogP contribution < -0.4 is 5.32 Å². The molecule has 1 heterocycles.